The summed E-state index contributed by atoms with van der Waals surface area (Å²) in [4.78, 5) is 119. The fourth-order valence-corrected chi connectivity index (χ4v) is 14.0. The van der Waals surface area contributed by atoms with Crippen LogP contribution in [0.2, 0.25) is 5.02 Å². The molecular formula is C72H86ClN9O28. The maximum Gasteiger partial charge on any atom is 0.330 e. The summed E-state index contributed by atoms with van der Waals surface area (Å²) >= 11 is 7.07. The van der Waals surface area contributed by atoms with Crippen molar-refractivity contribution in [2.75, 3.05) is 13.7 Å². The van der Waals surface area contributed by atoms with Crippen molar-refractivity contribution < 1.29 is 138 Å². The molecule has 23 atom stereocenters. The molecule has 3 saturated heterocycles. The third kappa shape index (κ3) is 17.3. The van der Waals surface area contributed by atoms with Crippen molar-refractivity contribution in [1.82, 2.24) is 37.2 Å². The van der Waals surface area contributed by atoms with Crippen molar-refractivity contribution in [2.24, 2.45) is 17.4 Å². The standard InChI is InChI=1S/C72H86ClN9O28/c1-25(2)15-37(76-6)63(95)81-51-54(88)30-10-14-41(36(73)17-30)107-43-19-31-18-42(61(43)110-71-59(93)57(91)55(89)44(108-71)24-103-70-58(92)56(90)53(87)26(3)105-70)106-33-11-7-28(8-12-33)60(109-46-23-72(5,75)62(94)27(4)104-46)52-68(100)80-50(69(101)102)35-20-32(83)21-40(85)47(35)34-16-29(9-13-39(34)84)48(65(97)82-52)79-66(98)49(31)78-64(96)38(22-45(74)86)77-67(51)99/h7-14,16-21,25-27,37-38,44,46,48-60,62,70-71,76,83-85,87-94H,15,22-24,75H2,1-6H3,(H2,74,86)(H,77,99)(H,78,96)(H,79,98)(H,80,100)(H,81,95)(H,82,97)(H,101,102)/t26-,27+,37-,38-,44-,46-,48?,49?,50-,51-,52-,53-,54+,55-,56+,57+,58+,59-,60+,62-,70+,71-,72+/m0/s1. The number of hydrogen-bond donors (Lipinski definition) is 21. The molecule has 0 aromatic heterocycles. The highest BCUT2D eigenvalue weighted by molar-refractivity contribution is 6.32. The van der Waals surface area contributed by atoms with Gasteiger partial charge in [0, 0.05) is 34.7 Å². The molecule has 594 valence electrons. The first-order valence-electron chi connectivity index (χ1n) is 34.9. The number of aliphatic hydroxyl groups is 8. The number of carbonyl (C=O) groups excluding carboxylic acids is 7. The molecule has 0 spiro atoms. The minimum atomic E-state index is -2.37. The van der Waals surface area contributed by atoms with Crippen LogP contribution in [0.25, 0.3) is 11.1 Å². The first-order chi connectivity index (χ1) is 51.9. The molecule has 37 nitrogen and oxygen atoms in total. The van der Waals surface area contributed by atoms with Crippen LogP contribution in [0.15, 0.2) is 84.9 Å². The molecule has 0 saturated carbocycles. The maximum absolute atomic E-state index is 16.3. The molecule has 7 amide bonds. The van der Waals surface area contributed by atoms with Gasteiger partial charge in [0.15, 0.2) is 30.1 Å². The summed E-state index contributed by atoms with van der Waals surface area (Å²) in [5.74, 6) is -15.9. The zero-order valence-corrected chi connectivity index (χ0v) is 60.4. The minimum absolute atomic E-state index is 0.0630. The van der Waals surface area contributed by atoms with Crippen LogP contribution in [-0.4, -0.2) is 232 Å². The molecule has 5 aromatic carbocycles. The van der Waals surface area contributed by atoms with E-state index in [0.717, 1.165) is 48.5 Å². The van der Waals surface area contributed by atoms with Crippen LogP contribution in [0.5, 0.6) is 46.0 Å². The number of likely N-dealkylation sites (N-methyl/N-ethyl adjacent to an activating group) is 1. The smallest absolute Gasteiger partial charge is 0.330 e. The van der Waals surface area contributed by atoms with Gasteiger partial charge in [-0.1, -0.05) is 49.7 Å². The van der Waals surface area contributed by atoms with Crippen LogP contribution in [0.4, 0.5) is 0 Å². The molecule has 0 radical (unpaired) electrons. The van der Waals surface area contributed by atoms with Crippen molar-refractivity contribution in [3.05, 3.63) is 118 Å². The monoisotopic (exact) mass is 1560 g/mol. The van der Waals surface area contributed by atoms with Gasteiger partial charge in [0.1, 0.15) is 114 Å². The number of primary amides is 1. The molecule has 23 N–H and O–H groups in total. The number of nitrogens with one attached hydrogen (secondary N) is 7. The van der Waals surface area contributed by atoms with Crippen LogP contribution in [0, 0.1) is 5.92 Å². The van der Waals surface area contributed by atoms with E-state index in [2.05, 4.69) is 37.2 Å². The number of phenolic OH excluding ortho intramolecular Hbond substituents is 3. The van der Waals surface area contributed by atoms with Gasteiger partial charge in [-0.2, -0.15) is 0 Å². The fourth-order valence-electron chi connectivity index (χ4n) is 13.8. The van der Waals surface area contributed by atoms with E-state index in [4.69, 9.17) is 61.0 Å². The molecule has 110 heavy (non-hydrogen) atoms. The van der Waals surface area contributed by atoms with E-state index >= 15 is 19.2 Å². The number of aliphatic carboxylic acids is 1. The number of phenols is 3. The van der Waals surface area contributed by atoms with Crippen LogP contribution in [-0.2, 0) is 62.0 Å². The summed E-state index contributed by atoms with van der Waals surface area (Å²) in [6.45, 7) is 7.12. The summed E-state index contributed by atoms with van der Waals surface area (Å²) in [6.07, 6.45) is -27.5. The highest BCUT2D eigenvalue weighted by atomic mass is 35.5. The van der Waals surface area contributed by atoms with Crippen LogP contribution < -0.4 is 62.9 Å². The van der Waals surface area contributed by atoms with Gasteiger partial charge < -0.3 is 148 Å². The number of halogens is 1. The lowest BCUT2D eigenvalue weighted by Gasteiger charge is -2.44. The van der Waals surface area contributed by atoms with Crippen molar-refractivity contribution >= 4 is 58.9 Å². The van der Waals surface area contributed by atoms with E-state index < -0.39 is 257 Å². The van der Waals surface area contributed by atoms with Gasteiger partial charge in [0.2, 0.25) is 53.4 Å². The lowest BCUT2D eigenvalue weighted by Crippen LogP contribution is -2.61. The Morgan fingerprint density at radius 2 is 1.30 bits per heavy atom. The number of aromatic hydroxyl groups is 3. The summed E-state index contributed by atoms with van der Waals surface area (Å²) in [5, 5.41) is 153. The lowest BCUT2D eigenvalue weighted by molar-refractivity contribution is -0.318. The topological polar surface area (TPSA) is 589 Å². The molecule has 38 heteroatoms. The number of amides is 7. The summed E-state index contributed by atoms with van der Waals surface area (Å²) in [5.41, 5.74) is 8.25. The molecule has 5 aromatic rings. The van der Waals surface area contributed by atoms with Crippen molar-refractivity contribution in [1.29, 1.82) is 0 Å². The molecule has 8 heterocycles. The van der Waals surface area contributed by atoms with Gasteiger partial charge in [-0.25, -0.2) is 4.79 Å². The molecule has 0 aliphatic carbocycles. The van der Waals surface area contributed by atoms with Crippen molar-refractivity contribution in [3.8, 4) is 57.1 Å². The normalized spacial score (nSPS) is 32.2. The van der Waals surface area contributed by atoms with E-state index in [-0.39, 0.29) is 52.0 Å². The van der Waals surface area contributed by atoms with Gasteiger partial charge in [0.05, 0.1) is 42.4 Å². The van der Waals surface area contributed by atoms with Crippen molar-refractivity contribution in [2.45, 2.75) is 194 Å². The Balaban J connectivity index is 1.15. The van der Waals surface area contributed by atoms with Crippen LogP contribution in [0.1, 0.15) is 112 Å². The Kier molecular flexibility index (Phi) is 24.5. The van der Waals surface area contributed by atoms with E-state index in [1.807, 2.05) is 13.8 Å². The second kappa shape index (κ2) is 33.1. The van der Waals surface area contributed by atoms with E-state index in [1.54, 1.807) is 0 Å². The lowest BCUT2D eigenvalue weighted by atomic mass is 9.86. The number of hydrogen-bond acceptors (Lipinski definition) is 29. The average Bonchev–Trinajstić information content (AvgIpc) is 0.784. The molecule has 13 rings (SSSR count). The Hall–Kier alpha value is -9.65. The third-order valence-corrected chi connectivity index (χ3v) is 20.0. The molecule has 8 aliphatic rings. The zero-order valence-electron chi connectivity index (χ0n) is 59.6. The first kappa shape index (κ1) is 81.3. The highest BCUT2D eigenvalue weighted by Gasteiger charge is 2.51. The van der Waals surface area contributed by atoms with Crippen LogP contribution >= 0.6 is 11.6 Å². The van der Waals surface area contributed by atoms with Crippen molar-refractivity contribution in [3.63, 3.8) is 0 Å². The zero-order chi connectivity index (χ0) is 80.0. The highest BCUT2D eigenvalue weighted by Crippen LogP contribution is 2.49. The molecule has 8 aliphatic heterocycles. The second-order valence-corrected chi connectivity index (χ2v) is 28.8. The van der Waals surface area contributed by atoms with E-state index in [9.17, 15) is 80.5 Å². The Morgan fingerprint density at radius 3 is 1.95 bits per heavy atom. The number of aliphatic hydroxyl groups excluding tert-OH is 8. The van der Waals surface area contributed by atoms with Crippen LogP contribution in [0.3, 0.4) is 0 Å². The number of carboxylic acid groups (broad SMARTS) is 1. The SMILES string of the molecule is CN[C@@H](CC(C)C)C(=O)N[C@@H]1C(=O)N[C@@H](CC(N)=O)C(=O)NC2C(=O)NC3C(=O)N[C@H](C(=O)N[C@H](C(=O)O)c4cc(O)cc(O)c4-c4cc3ccc4O)[C@H](O[C@H]3C[C@@](C)(N)[C@@H](O)[C@@H](C)O3)c3ccc(cc3)Oc3cc2cc(c3O[C@@H]2O[C@@H](CO[C@@H]3O[C@@H](C)[C@H](O)[C@@H](O)[C@H]3O)[C@H](O)[C@@H](O)[C@@H]2O)Oc2ccc(cc2Cl)[C@H]1O. The summed E-state index contributed by atoms with van der Waals surface area (Å²) in [7, 11) is 1.47. The number of nitrogens with two attached hydrogens (primary N) is 2. The summed E-state index contributed by atoms with van der Waals surface area (Å²) in [6, 6.07) is 1.02. The fraction of sp³-hybridized carbons (Fsp3) is 0.472. The first-order valence-corrected chi connectivity index (χ1v) is 35.3. The minimum Gasteiger partial charge on any atom is -0.508 e. The average molecular weight is 1560 g/mol. The summed E-state index contributed by atoms with van der Waals surface area (Å²) < 4.78 is 50.0. The number of benzene rings is 5. The van der Waals surface area contributed by atoms with Gasteiger partial charge >= 0.3 is 5.97 Å². The number of carbonyl (C=O) groups is 8. The molecule has 2 unspecified atom stereocenters. The number of carboxylic acids is 1. The van der Waals surface area contributed by atoms with Gasteiger partial charge in [-0.3, -0.25) is 33.6 Å². The number of ether oxygens (including phenoxy) is 8. The Bertz CT molecular complexity index is 4330. The quantitative estimate of drug-likeness (QED) is 0.0556. The van der Waals surface area contributed by atoms with E-state index in [1.165, 1.54) is 64.2 Å². The molecular weight excluding hydrogens is 1470 g/mol. The predicted molar refractivity (Wildman–Crippen MR) is 376 cm³/mol. The van der Waals surface area contributed by atoms with Gasteiger partial charge in [0.25, 0.3) is 0 Å². The van der Waals surface area contributed by atoms with Gasteiger partial charge in [-0.05, 0) is 117 Å². The Morgan fingerprint density at radius 1 is 0.664 bits per heavy atom. The maximum atomic E-state index is 16.3. The predicted octanol–water partition coefficient (Wildman–Crippen LogP) is -1.70. The third-order valence-electron chi connectivity index (χ3n) is 19.7. The Labute approximate surface area is 631 Å². The number of rotatable bonds is 15. The molecule has 3 fully saturated rings. The van der Waals surface area contributed by atoms with E-state index in [0.29, 0.717) is 0 Å². The second-order valence-electron chi connectivity index (χ2n) is 28.4. The number of fused-ring (bicyclic) bond motifs is 15. The largest absolute Gasteiger partial charge is 0.508 e. The van der Waals surface area contributed by atoms with Gasteiger partial charge in [-0.15, -0.1) is 0 Å². The molecule has 11 bridgehead atoms.